The van der Waals surface area contributed by atoms with Crippen molar-refractivity contribution in [2.24, 2.45) is 0 Å². The first-order valence-electron chi connectivity index (χ1n) is 7.48. The van der Waals surface area contributed by atoms with Crippen molar-refractivity contribution in [1.29, 1.82) is 0 Å². The van der Waals surface area contributed by atoms with Crippen LogP contribution in [0.3, 0.4) is 0 Å². The maximum absolute atomic E-state index is 12.2. The molecular formula is C16H18N2O4. The molecule has 1 aliphatic carbocycles. The molecule has 1 heterocycles. The molecule has 1 aromatic rings. The molecule has 1 aliphatic heterocycles. The van der Waals surface area contributed by atoms with Crippen LogP contribution in [-0.4, -0.2) is 34.9 Å². The number of carbonyl (C=O) groups excluding carboxylic acids is 3. The summed E-state index contributed by atoms with van der Waals surface area (Å²) < 4.78 is 0. The third-order valence-corrected chi connectivity index (χ3v) is 4.09. The Morgan fingerprint density at radius 3 is 2.14 bits per heavy atom. The maximum Gasteiger partial charge on any atom is 0.285 e. The number of imide groups is 1. The monoisotopic (exact) mass is 302 g/mol. The molecule has 0 saturated heterocycles. The third-order valence-electron chi connectivity index (χ3n) is 4.09. The topological polar surface area (TPSA) is 75.7 Å². The molecular weight excluding hydrogens is 284 g/mol. The Labute approximate surface area is 128 Å². The highest BCUT2D eigenvalue weighted by molar-refractivity contribution is 6.20. The van der Waals surface area contributed by atoms with Crippen molar-refractivity contribution in [2.75, 3.05) is 0 Å². The molecule has 0 radical (unpaired) electrons. The van der Waals surface area contributed by atoms with Crippen LogP contribution in [0.4, 0.5) is 0 Å². The van der Waals surface area contributed by atoms with Crippen molar-refractivity contribution in [2.45, 2.75) is 44.8 Å². The minimum Gasteiger partial charge on any atom is -0.354 e. The smallest absolute Gasteiger partial charge is 0.285 e. The van der Waals surface area contributed by atoms with Gasteiger partial charge >= 0.3 is 0 Å². The molecule has 1 N–H and O–H groups in total. The average molecular weight is 302 g/mol. The Bertz CT molecular complexity index is 585. The van der Waals surface area contributed by atoms with E-state index < -0.39 is 11.8 Å². The fourth-order valence-corrected chi connectivity index (χ4v) is 3.01. The van der Waals surface area contributed by atoms with E-state index in [0.717, 1.165) is 17.9 Å². The molecule has 0 aromatic heterocycles. The van der Waals surface area contributed by atoms with Gasteiger partial charge in [-0.05, 0) is 37.8 Å². The molecule has 1 saturated carbocycles. The van der Waals surface area contributed by atoms with Gasteiger partial charge in [-0.15, -0.1) is 5.06 Å². The van der Waals surface area contributed by atoms with E-state index in [4.69, 9.17) is 4.84 Å². The summed E-state index contributed by atoms with van der Waals surface area (Å²) in [7, 11) is 0. The lowest BCUT2D eigenvalue weighted by atomic mass is 9.93. The quantitative estimate of drug-likeness (QED) is 0.862. The number of nitrogens with one attached hydrogen (secondary N) is 1. The summed E-state index contributed by atoms with van der Waals surface area (Å²) in [6.45, 7) is 1.50. The van der Waals surface area contributed by atoms with Crippen LogP contribution in [0.1, 0.15) is 53.3 Å². The normalized spacial score (nSPS) is 24.3. The zero-order valence-corrected chi connectivity index (χ0v) is 12.4. The molecule has 6 heteroatoms. The van der Waals surface area contributed by atoms with E-state index in [0.29, 0.717) is 24.0 Å². The first kappa shape index (κ1) is 14.7. The minimum atomic E-state index is -0.399. The predicted octanol–water partition coefficient (Wildman–Crippen LogP) is 1.66. The van der Waals surface area contributed by atoms with E-state index in [-0.39, 0.29) is 18.1 Å². The first-order chi connectivity index (χ1) is 10.6. The van der Waals surface area contributed by atoms with Crippen LogP contribution in [0.2, 0.25) is 0 Å². The molecule has 1 fully saturated rings. The van der Waals surface area contributed by atoms with Gasteiger partial charge in [0, 0.05) is 13.0 Å². The summed E-state index contributed by atoms with van der Waals surface area (Å²) in [4.78, 5) is 41.1. The van der Waals surface area contributed by atoms with Crippen molar-refractivity contribution >= 4 is 17.7 Å². The Morgan fingerprint density at radius 2 is 1.64 bits per heavy atom. The second kappa shape index (κ2) is 5.88. The average Bonchev–Trinajstić information content (AvgIpc) is 2.74. The van der Waals surface area contributed by atoms with E-state index in [1.807, 2.05) is 0 Å². The Kier molecular flexibility index (Phi) is 3.94. The summed E-state index contributed by atoms with van der Waals surface area (Å²) >= 11 is 0. The van der Waals surface area contributed by atoms with Gasteiger partial charge in [0.25, 0.3) is 11.8 Å². The van der Waals surface area contributed by atoms with Gasteiger partial charge in [0.2, 0.25) is 5.91 Å². The van der Waals surface area contributed by atoms with Crippen molar-refractivity contribution in [3.63, 3.8) is 0 Å². The highest BCUT2D eigenvalue weighted by Gasteiger charge is 2.38. The molecule has 6 nitrogen and oxygen atoms in total. The van der Waals surface area contributed by atoms with Gasteiger partial charge < -0.3 is 5.32 Å². The van der Waals surface area contributed by atoms with Crippen molar-refractivity contribution < 1.29 is 19.2 Å². The molecule has 0 spiro atoms. The highest BCUT2D eigenvalue weighted by Crippen LogP contribution is 2.27. The van der Waals surface area contributed by atoms with E-state index in [2.05, 4.69) is 5.32 Å². The number of hydrogen-bond acceptors (Lipinski definition) is 4. The zero-order valence-electron chi connectivity index (χ0n) is 12.4. The second-order valence-corrected chi connectivity index (χ2v) is 5.73. The highest BCUT2D eigenvalue weighted by atomic mass is 16.7. The molecule has 1 aromatic carbocycles. The summed E-state index contributed by atoms with van der Waals surface area (Å²) in [5, 5.41) is 3.77. The van der Waals surface area contributed by atoms with Crippen LogP contribution in [0, 0.1) is 0 Å². The van der Waals surface area contributed by atoms with E-state index in [9.17, 15) is 14.4 Å². The lowest BCUT2D eigenvalue weighted by Crippen LogP contribution is -2.41. The van der Waals surface area contributed by atoms with Crippen molar-refractivity contribution in [1.82, 2.24) is 10.4 Å². The molecule has 2 aliphatic rings. The van der Waals surface area contributed by atoms with Gasteiger partial charge in [-0.25, -0.2) is 0 Å². The van der Waals surface area contributed by atoms with E-state index in [1.165, 1.54) is 6.92 Å². The summed E-state index contributed by atoms with van der Waals surface area (Å²) in [6, 6.07) is 6.87. The molecule has 116 valence electrons. The number of hydroxylamine groups is 2. The molecule has 0 unspecified atom stereocenters. The summed E-state index contributed by atoms with van der Waals surface area (Å²) in [6.07, 6.45) is 2.81. The van der Waals surface area contributed by atoms with Crippen molar-refractivity contribution in [3.05, 3.63) is 35.4 Å². The molecule has 22 heavy (non-hydrogen) atoms. The van der Waals surface area contributed by atoms with Gasteiger partial charge in [-0.3, -0.25) is 19.2 Å². The molecule has 0 atom stereocenters. The largest absolute Gasteiger partial charge is 0.354 e. The van der Waals surface area contributed by atoms with E-state index in [1.54, 1.807) is 24.3 Å². The molecule has 3 rings (SSSR count). The van der Waals surface area contributed by atoms with Gasteiger partial charge in [-0.2, -0.15) is 0 Å². The lowest BCUT2D eigenvalue weighted by molar-refractivity contribution is -0.143. The SMILES string of the molecule is CC(=O)NC1CCC(ON2C(=O)c3ccccc3C2=O)CC1. The number of rotatable bonds is 3. The lowest BCUT2D eigenvalue weighted by Gasteiger charge is -2.30. The number of amides is 3. The van der Waals surface area contributed by atoms with Crippen LogP contribution in [0.25, 0.3) is 0 Å². The summed E-state index contributed by atoms with van der Waals surface area (Å²) in [5.74, 6) is -0.834. The Morgan fingerprint density at radius 1 is 1.09 bits per heavy atom. The first-order valence-corrected chi connectivity index (χ1v) is 7.48. The predicted molar refractivity (Wildman–Crippen MR) is 77.9 cm³/mol. The zero-order chi connectivity index (χ0) is 15.7. The fourth-order valence-electron chi connectivity index (χ4n) is 3.01. The van der Waals surface area contributed by atoms with Gasteiger partial charge in [0.15, 0.2) is 0 Å². The van der Waals surface area contributed by atoms with Crippen LogP contribution in [-0.2, 0) is 9.63 Å². The fraction of sp³-hybridized carbons (Fsp3) is 0.438. The minimum absolute atomic E-state index is 0.0373. The maximum atomic E-state index is 12.2. The Hall–Kier alpha value is -2.21. The standard InChI is InChI=1S/C16H18N2O4/c1-10(19)17-11-6-8-12(9-7-11)22-18-15(20)13-4-2-3-5-14(13)16(18)21/h2-5,11-12H,6-9H2,1H3,(H,17,19). The van der Waals surface area contributed by atoms with Gasteiger partial charge in [-0.1, -0.05) is 12.1 Å². The van der Waals surface area contributed by atoms with Gasteiger partial charge in [0.05, 0.1) is 17.2 Å². The second-order valence-electron chi connectivity index (χ2n) is 5.73. The summed E-state index contributed by atoms with van der Waals surface area (Å²) in [5.41, 5.74) is 0.777. The van der Waals surface area contributed by atoms with Crippen molar-refractivity contribution in [3.8, 4) is 0 Å². The number of benzene rings is 1. The van der Waals surface area contributed by atoms with E-state index >= 15 is 0 Å². The number of fused-ring (bicyclic) bond motifs is 1. The number of hydrogen-bond donors (Lipinski definition) is 1. The molecule has 0 bridgehead atoms. The van der Waals surface area contributed by atoms with Crippen LogP contribution in [0.5, 0.6) is 0 Å². The van der Waals surface area contributed by atoms with Crippen LogP contribution < -0.4 is 5.32 Å². The molecule has 3 amide bonds. The third kappa shape index (κ3) is 2.74. The van der Waals surface area contributed by atoms with Crippen LogP contribution >= 0.6 is 0 Å². The Balaban J connectivity index is 1.61. The number of nitrogens with zero attached hydrogens (tertiary/aromatic N) is 1. The van der Waals surface area contributed by atoms with Gasteiger partial charge in [0.1, 0.15) is 0 Å². The number of carbonyl (C=O) groups is 3. The van der Waals surface area contributed by atoms with Crippen LogP contribution in [0.15, 0.2) is 24.3 Å².